The maximum atomic E-state index is 6.44. The van der Waals surface area contributed by atoms with Crippen molar-refractivity contribution in [3.8, 4) is 0 Å². The van der Waals surface area contributed by atoms with Gasteiger partial charge in [-0.2, -0.15) is 0 Å². The molecule has 1 fully saturated rings. The molecule has 0 radical (unpaired) electrons. The van der Waals surface area contributed by atoms with Crippen molar-refractivity contribution in [3.05, 3.63) is 35.4 Å². The molecule has 1 aliphatic rings. The molecule has 0 bridgehead atoms. The third kappa shape index (κ3) is 3.35. The molecule has 1 unspecified atom stereocenters. The average Bonchev–Trinajstić information content (AvgIpc) is 2.40. The maximum Gasteiger partial charge on any atom is 0.0323 e. The topological polar surface area (TPSA) is 26.0 Å². The molecule has 1 nitrogen and oxygen atoms in total. The molecule has 1 aromatic carbocycles. The first-order valence-electron chi connectivity index (χ1n) is 7.55. The second-order valence-electron chi connectivity index (χ2n) is 6.04. The number of hydrogen-bond donors (Lipinski definition) is 1. The van der Waals surface area contributed by atoms with Crippen molar-refractivity contribution in [1.29, 1.82) is 0 Å². The van der Waals surface area contributed by atoms with Crippen LogP contribution in [0.5, 0.6) is 0 Å². The third-order valence-electron chi connectivity index (χ3n) is 4.47. The van der Waals surface area contributed by atoms with Gasteiger partial charge < -0.3 is 5.73 Å². The van der Waals surface area contributed by atoms with Crippen molar-refractivity contribution in [1.82, 2.24) is 0 Å². The fourth-order valence-corrected chi connectivity index (χ4v) is 3.11. The monoisotopic (exact) mass is 245 g/mol. The molecule has 1 aromatic rings. The van der Waals surface area contributed by atoms with E-state index >= 15 is 0 Å². The lowest BCUT2D eigenvalue weighted by Gasteiger charge is -2.30. The van der Waals surface area contributed by atoms with Crippen molar-refractivity contribution in [3.63, 3.8) is 0 Å². The minimum absolute atomic E-state index is 0.244. The summed E-state index contributed by atoms with van der Waals surface area (Å²) in [6.45, 7) is 4.59. The Morgan fingerprint density at radius 1 is 1.11 bits per heavy atom. The van der Waals surface area contributed by atoms with Crippen LogP contribution in [0.15, 0.2) is 24.3 Å². The van der Waals surface area contributed by atoms with Gasteiger partial charge in [-0.3, -0.25) is 0 Å². The van der Waals surface area contributed by atoms with Gasteiger partial charge in [-0.25, -0.2) is 0 Å². The van der Waals surface area contributed by atoms with E-state index in [-0.39, 0.29) is 6.04 Å². The van der Waals surface area contributed by atoms with Crippen LogP contribution in [0.25, 0.3) is 0 Å². The molecule has 2 N–H and O–H groups in total. The van der Waals surface area contributed by atoms with E-state index in [0.717, 1.165) is 5.92 Å². The second kappa shape index (κ2) is 6.38. The molecule has 0 spiro atoms. The van der Waals surface area contributed by atoms with Crippen LogP contribution in [0.2, 0.25) is 0 Å². The highest BCUT2D eigenvalue weighted by Gasteiger charge is 2.24. The van der Waals surface area contributed by atoms with Crippen molar-refractivity contribution in [2.75, 3.05) is 0 Å². The van der Waals surface area contributed by atoms with Crippen LogP contribution in [0.1, 0.15) is 63.1 Å². The number of hydrogen-bond acceptors (Lipinski definition) is 1. The van der Waals surface area contributed by atoms with Crippen LogP contribution >= 0.6 is 0 Å². The van der Waals surface area contributed by atoms with Gasteiger partial charge in [-0.15, -0.1) is 0 Å². The fraction of sp³-hybridized carbons (Fsp3) is 0.647. The van der Waals surface area contributed by atoms with Crippen molar-refractivity contribution in [2.45, 2.75) is 58.4 Å². The SMILES string of the molecule is CCCc1ccc(C(N)C2CCC(C)CC2)cc1. The molecular formula is C17H27N. The van der Waals surface area contributed by atoms with Crippen LogP contribution < -0.4 is 5.73 Å². The van der Waals surface area contributed by atoms with Crippen molar-refractivity contribution in [2.24, 2.45) is 17.6 Å². The molecule has 0 saturated heterocycles. The minimum Gasteiger partial charge on any atom is -0.324 e. The zero-order chi connectivity index (χ0) is 13.0. The van der Waals surface area contributed by atoms with Crippen LogP contribution in [-0.4, -0.2) is 0 Å². The Morgan fingerprint density at radius 3 is 2.28 bits per heavy atom. The van der Waals surface area contributed by atoms with Crippen LogP contribution in [0, 0.1) is 11.8 Å². The van der Waals surface area contributed by atoms with Gasteiger partial charge in [0.2, 0.25) is 0 Å². The molecule has 0 aromatic heterocycles. The number of aryl methyl sites for hydroxylation is 1. The van der Waals surface area contributed by atoms with Crippen LogP contribution in [0.3, 0.4) is 0 Å². The zero-order valence-electron chi connectivity index (χ0n) is 11.9. The molecule has 0 amide bonds. The Hall–Kier alpha value is -0.820. The lowest BCUT2D eigenvalue weighted by Crippen LogP contribution is -2.25. The normalized spacial score (nSPS) is 25.9. The van der Waals surface area contributed by atoms with Crippen LogP contribution in [-0.2, 0) is 6.42 Å². The summed E-state index contributed by atoms with van der Waals surface area (Å²) in [5.74, 6) is 1.60. The lowest BCUT2D eigenvalue weighted by atomic mass is 9.77. The highest BCUT2D eigenvalue weighted by atomic mass is 14.7. The van der Waals surface area contributed by atoms with E-state index in [9.17, 15) is 0 Å². The van der Waals surface area contributed by atoms with Gasteiger partial charge >= 0.3 is 0 Å². The Bertz CT molecular complexity index is 346. The molecule has 0 heterocycles. The van der Waals surface area contributed by atoms with E-state index in [4.69, 9.17) is 5.73 Å². The number of benzene rings is 1. The predicted molar refractivity (Wildman–Crippen MR) is 78.5 cm³/mol. The maximum absolute atomic E-state index is 6.44. The first-order valence-corrected chi connectivity index (χ1v) is 7.55. The van der Waals surface area contributed by atoms with Crippen molar-refractivity contribution >= 4 is 0 Å². The van der Waals surface area contributed by atoms with E-state index in [0.29, 0.717) is 5.92 Å². The fourth-order valence-electron chi connectivity index (χ4n) is 3.11. The molecule has 18 heavy (non-hydrogen) atoms. The summed E-state index contributed by atoms with van der Waals surface area (Å²) in [7, 11) is 0. The van der Waals surface area contributed by atoms with Gasteiger partial charge in [0.1, 0.15) is 0 Å². The number of nitrogens with two attached hydrogens (primary N) is 1. The second-order valence-corrected chi connectivity index (χ2v) is 6.04. The molecule has 1 saturated carbocycles. The highest BCUT2D eigenvalue weighted by Crippen LogP contribution is 2.35. The summed E-state index contributed by atoms with van der Waals surface area (Å²) >= 11 is 0. The smallest absolute Gasteiger partial charge is 0.0323 e. The van der Waals surface area contributed by atoms with Gasteiger partial charge in [-0.1, -0.05) is 57.4 Å². The van der Waals surface area contributed by atoms with Gasteiger partial charge in [0.05, 0.1) is 0 Å². The van der Waals surface area contributed by atoms with Gasteiger partial charge in [0.25, 0.3) is 0 Å². The largest absolute Gasteiger partial charge is 0.324 e. The number of rotatable bonds is 4. The molecule has 1 atom stereocenters. The van der Waals surface area contributed by atoms with Crippen LogP contribution in [0.4, 0.5) is 0 Å². The third-order valence-corrected chi connectivity index (χ3v) is 4.47. The van der Waals surface area contributed by atoms with E-state index in [2.05, 4.69) is 38.1 Å². The van der Waals surface area contributed by atoms with E-state index in [1.54, 1.807) is 0 Å². The predicted octanol–water partition coefficient (Wildman–Crippen LogP) is 4.47. The lowest BCUT2D eigenvalue weighted by molar-refractivity contribution is 0.256. The quantitative estimate of drug-likeness (QED) is 0.832. The summed E-state index contributed by atoms with van der Waals surface area (Å²) in [4.78, 5) is 0. The standard InChI is InChI=1S/C17H27N/c1-3-4-14-7-11-16(12-8-14)17(18)15-9-5-13(2)6-10-15/h7-8,11-13,15,17H,3-6,9-10,18H2,1-2H3. The first kappa shape index (κ1) is 13.6. The Morgan fingerprint density at radius 2 is 1.72 bits per heavy atom. The summed E-state index contributed by atoms with van der Waals surface area (Å²) in [5.41, 5.74) is 9.20. The summed E-state index contributed by atoms with van der Waals surface area (Å²) in [6, 6.07) is 9.24. The Labute approximate surface area is 112 Å². The molecule has 1 aliphatic carbocycles. The van der Waals surface area contributed by atoms with Crippen molar-refractivity contribution < 1.29 is 0 Å². The zero-order valence-corrected chi connectivity index (χ0v) is 11.9. The highest BCUT2D eigenvalue weighted by molar-refractivity contribution is 5.25. The van der Waals surface area contributed by atoms with Gasteiger partial charge in [-0.05, 0) is 42.2 Å². The average molecular weight is 245 g/mol. The first-order chi connectivity index (χ1) is 8.70. The Kier molecular flexibility index (Phi) is 4.82. The Balaban J connectivity index is 1.97. The molecule has 0 aliphatic heterocycles. The summed E-state index contributed by atoms with van der Waals surface area (Å²) in [5, 5.41) is 0. The molecule has 2 rings (SSSR count). The minimum atomic E-state index is 0.244. The molecule has 100 valence electrons. The van der Waals surface area contributed by atoms with Gasteiger partial charge in [0, 0.05) is 6.04 Å². The van der Waals surface area contributed by atoms with E-state index in [1.807, 2.05) is 0 Å². The summed E-state index contributed by atoms with van der Waals surface area (Å²) < 4.78 is 0. The molecular weight excluding hydrogens is 218 g/mol. The summed E-state index contributed by atoms with van der Waals surface area (Å²) in [6.07, 6.45) is 7.71. The van der Waals surface area contributed by atoms with Gasteiger partial charge in [0.15, 0.2) is 0 Å². The molecule has 1 heteroatoms. The van der Waals surface area contributed by atoms with E-state index in [1.165, 1.54) is 49.7 Å². The van der Waals surface area contributed by atoms with E-state index < -0.39 is 0 Å².